The number of amides is 2. The van der Waals surface area contributed by atoms with Crippen molar-refractivity contribution in [2.75, 3.05) is 20.3 Å². The third-order valence-corrected chi connectivity index (χ3v) is 3.63. The van der Waals surface area contributed by atoms with E-state index in [4.69, 9.17) is 9.84 Å². The first-order valence-electron chi connectivity index (χ1n) is 7.71. The van der Waals surface area contributed by atoms with Crippen LogP contribution in [0.3, 0.4) is 0 Å². The van der Waals surface area contributed by atoms with Gasteiger partial charge in [-0.25, -0.2) is 0 Å². The molecular formula is C17H21N3O5. The van der Waals surface area contributed by atoms with Gasteiger partial charge in [-0.2, -0.15) is 0 Å². The molecule has 25 heavy (non-hydrogen) atoms. The number of nitrogens with one attached hydrogen (secondary N) is 3. The van der Waals surface area contributed by atoms with Crippen LogP contribution in [0.1, 0.15) is 23.8 Å². The minimum absolute atomic E-state index is 0.0427. The Labute approximate surface area is 144 Å². The van der Waals surface area contributed by atoms with E-state index in [0.717, 1.165) is 10.9 Å². The van der Waals surface area contributed by atoms with Crippen LogP contribution in [-0.4, -0.2) is 53.7 Å². The molecule has 0 spiro atoms. The zero-order valence-corrected chi connectivity index (χ0v) is 14.1. The average molecular weight is 347 g/mol. The van der Waals surface area contributed by atoms with Crippen LogP contribution in [0.25, 0.3) is 10.9 Å². The predicted octanol–water partition coefficient (Wildman–Crippen LogP) is 0.894. The molecule has 4 N–H and O–H groups in total. The number of carboxylic acids is 1. The summed E-state index contributed by atoms with van der Waals surface area (Å²) in [5.74, 6) is -1.97. The Hall–Kier alpha value is -2.87. The summed E-state index contributed by atoms with van der Waals surface area (Å²) < 4.78 is 4.97. The summed E-state index contributed by atoms with van der Waals surface area (Å²) in [6.07, 6.45) is -0.289. The molecule has 8 heteroatoms. The molecule has 0 fully saturated rings. The molecule has 0 radical (unpaired) electrons. The van der Waals surface area contributed by atoms with E-state index in [-0.39, 0.29) is 19.6 Å². The lowest BCUT2D eigenvalue weighted by Gasteiger charge is -2.28. The van der Waals surface area contributed by atoms with Crippen LogP contribution < -0.4 is 10.6 Å². The highest BCUT2D eigenvalue weighted by Crippen LogP contribution is 2.14. The number of H-pyrrole nitrogens is 1. The monoisotopic (exact) mass is 347 g/mol. The Bertz CT molecular complexity index is 752. The predicted molar refractivity (Wildman–Crippen MR) is 91.3 cm³/mol. The van der Waals surface area contributed by atoms with Crippen LogP contribution in [0, 0.1) is 0 Å². The Morgan fingerprint density at radius 1 is 1.28 bits per heavy atom. The molecule has 2 amide bonds. The lowest BCUT2D eigenvalue weighted by molar-refractivity contribution is -0.139. The zero-order valence-electron chi connectivity index (χ0n) is 14.1. The van der Waals surface area contributed by atoms with Gasteiger partial charge in [0.25, 0.3) is 5.91 Å². The Morgan fingerprint density at radius 2 is 2.00 bits per heavy atom. The number of methoxy groups -OCH3 is 1. The average Bonchev–Trinajstić information content (AvgIpc) is 2.95. The van der Waals surface area contributed by atoms with Gasteiger partial charge in [0, 0.05) is 18.0 Å². The first-order valence-corrected chi connectivity index (χ1v) is 7.71. The molecule has 0 saturated heterocycles. The quantitative estimate of drug-likeness (QED) is 0.565. The van der Waals surface area contributed by atoms with Gasteiger partial charge in [0.2, 0.25) is 5.91 Å². The number of aromatic nitrogens is 1. The molecule has 0 aliphatic rings. The van der Waals surface area contributed by atoms with Crippen molar-refractivity contribution in [2.24, 2.45) is 0 Å². The number of hydrogen-bond acceptors (Lipinski definition) is 4. The Kier molecular flexibility index (Phi) is 5.76. The second-order valence-electron chi connectivity index (χ2n) is 6.07. The van der Waals surface area contributed by atoms with Crippen LogP contribution in [0.4, 0.5) is 0 Å². The molecule has 0 saturated carbocycles. The summed E-state index contributed by atoms with van der Waals surface area (Å²) in [4.78, 5) is 38.1. The maximum absolute atomic E-state index is 12.1. The van der Waals surface area contributed by atoms with Crippen molar-refractivity contribution >= 4 is 28.7 Å². The first kappa shape index (κ1) is 18.5. The Balaban J connectivity index is 1.93. The molecule has 1 atom stereocenters. The van der Waals surface area contributed by atoms with Gasteiger partial charge in [-0.15, -0.1) is 0 Å². The molecule has 1 unspecified atom stereocenters. The fourth-order valence-corrected chi connectivity index (χ4v) is 2.62. The van der Waals surface area contributed by atoms with E-state index in [9.17, 15) is 14.4 Å². The molecule has 8 nitrogen and oxygen atoms in total. The highest BCUT2D eigenvalue weighted by atomic mass is 16.5. The fraction of sp³-hybridized carbons (Fsp3) is 0.353. The second kappa shape index (κ2) is 7.80. The van der Waals surface area contributed by atoms with E-state index in [1.165, 1.54) is 7.11 Å². The Morgan fingerprint density at radius 3 is 2.64 bits per heavy atom. The summed E-state index contributed by atoms with van der Waals surface area (Å²) in [5, 5.41) is 14.9. The van der Waals surface area contributed by atoms with E-state index in [0.29, 0.717) is 5.69 Å². The summed E-state index contributed by atoms with van der Waals surface area (Å²) >= 11 is 0. The van der Waals surface area contributed by atoms with Gasteiger partial charge >= 0.3 is 5.97 Å². The molecule has 2 aromatic rings. The van der Waals surface area contributed by atoms with Crippen molar-refractivity contribution in [1.82, 2.24) is 15.6 Å². The number of carbonyl (C=O) groups excluding carboxylic acids is 2. The fourth-order valence-electron chi connectivity index (χ4n) is 2.62. The maximum Gasteiger partial charge on any atom is 0.305 e. The minimum Gasteiger partial charge on any atom is -0.481 e. The number of hydrogen-bond donors (Lipinski definition) is 4. The topological polar surface area (TPSA) is 121 Å². The zero-order chi connectivity index (χ0) is 18.4. The lowest BCUT2D eigenvalue weighted by atomic mass is 9.99. The number of para-hydroxylation sites is 1. The molecular weight excluding hydrogens is 326 g/mol. The number of carboxylic acid groups (broad SMARTS) is 1. The van der Waals surface area contributed by atoms with Gasteiger partial charge in [-0.3, -0.25) is 14.4 Å². The van der Waals surface area contributed by atoms with Crippen molar-refractivity contribution in [3.63, 3.8) is 0 Å². The lowest BCUT2D eigenvalue weighted by Crippen LogP contribution is -2.53. The number of ether oxygens (including phenoxy) is 1. The van der Waals surface area contributed by atoms with Gasteiger partial charge in [-0.1, -0.05) is 18.2 Å². The number of aliphatic carboxylic acids is 1. The van der Waals surface area contributed by atoms with Crippen LogP contribution in [-0.2, 0) is 14.3 Å². The van der Waals surface area contributed by atoms with Crippen molar-refractivity contribution in [3.05, 3.63) is 36.0 Å². The maximum atomic E-state index is 12.1. The van der Waals surface area contributed by atoms with Crippen LogP contribution in [0.2, 0.25) is 0 Å². The number of rotatable bonds is 8. The van der Waals surface area contributed by atoms with Crippen LogP contribution in [0.15, 0.2) is 30.3 Å². The molecule has 0 aliphatic carbocycles. The summed E-state index contributed by atoms with van der Waals surface area (Å²) in [6, 6.07) is 9.14. The molecule has 0 aliphatic heterocycles. The highest BCUT2D eigenvalue weighted by Gasteiger charge is 2.29. The SMILES string of the molecule is COCC(C)(CC(=O)O)NC(=O)CNC(=O)c1cc2ccccc2[nH]1. The molecule has 1 aromatic heterocycles. The number of benzene rings is 1. The highest BCUT2D eigenvalue weighted by molar-refractivity contribution is 5.99. The molecule has 2 rings (SSSR count). The third-order valence-electron chi connectivity index (χ3n) is 3.63. The standard InChI is InChI=1S/C17H21N3O5/c1-17(10-25-2,8-15(22)23)20-14(21)9-18-16(24)13-7-11-5-3-4-6-12(11)19-13/h3-7,19H,8-10H2,1-2H3,(H,18,24)(H,20,21)(H,22,23). The third kappa shape index (κ3) is 5.05. The smallest absolute Gasteiger partial charge is 0.305 e. The van der Waals surface area contributed by atoms with Gasteiger partial charge < -0.3 is 25.5 Å². The molecule has 134 valence electrons. The van der Waals surface area contributed by atoms with E-state index < -0.39 is 23.3 Å². The van der Waals surface area contributed by atoms with Gasteiger partial charge in [0.05, 0.1) is 25.1 Å². The number of carbonyl (C=O) groups is 3. The van der Waals surface area contributed by atoms with Crippen molar-refractivity contribution < 1.29 is 24.2 Å². The largest absolute Gasteiger partial charge is 0.481 e. The van der Waals surface area contributed by atoms with Crippen molar-refractivity contribution in [2.45, 2.75) is 18.9 Å². The summed E-state index contributed by atoms with van der Waals surface area (Å²) in [6.45, 7) is 1.34. The van der Waals surface area contributed by atoms with E-state index >= 15 is 0 Å². The van der Waals surface area contributed by atoms with Gasteiger partial charge in [0.15, 0.2) is 0 Å². The van der Waals surface area contributed by atoms with Crippen molar-refractivity contribution in [1.29, 1.82) is 0 Å². The first-order chi connectivity index (χ1) is 11.8. The second-order valence-corrected chi connectivity index (χ2v) is 6.07. The van der Waals surface area contributed by atoms with E-state index in [1.807, 2.05) is 24.3 Å². The van der Waals surface area contributed by atoms with E-state index in [2.05, 4.69) is 15.6 Å². The number of fused-ring (bicyclic) bond motifs is 1. The molecule has 0 bridgehead atoms. The number of aromatic amines is 1. The van der Waals surface area contributed by atoms with Crippen LogP contribution in [0.5, 0.6) is 0 Å². The van der Waals surface area contributed by atoms with Gasteiger partial charge in [0.1, 0.15) is 5.69 Å². The summed E-state index contributed by atoms with van der Waals surface area (Å²) in [7, 11) is 1.42. The summed E-state index contributed by atoms with van der Waals surface area (Å²) in [5.41, 5.74) is 0.120. The normalized spacial score (nSPS) is 13.2. The van der Waals surface area contributed by atoms with Crippen LogP contribution >= 0.6 is 0 Å². The molecule has 1 aromatic carbocycles. The molecule has 1 heterocycles. The van der Waals surface area contributed by atoms with E-state index in [1.54, 1.807) is 13.0 Å². The minimum atomic E-state index is -1.05. The van der Waals surface area contributed by atoms with Crippen molar-refractivity contribution in [3.8, 4) is 0 Å². The van der Waals surface area contributed by atoms with Gasteiger partial charge in [-0.05, 0) is 19.1 Å².